The van der Waals surface area contributed by atoms with Gasteiger partial charge in [0.1, 0.15) is 18.2 Å². The van der Waals surface area contributed by atoms with Gasteiger partial charge in [0.25, 0.3) is 5.91 Å². The van der Waals surface area contributed by atoms with Crippen LogP contribution in [0.2, 0.25) is 0 Å². The Hall–Kier alpha value is -2.89. The van der Waals surface area contributed by atoms with Gasteiger partial charge in [0.2, 0.25) is 0 Å². The summed E-state index contributed by atoms with van der Waals surface area (Å²) in [5.41, 5.74) is 2.24. The number of nitrogens with zero attached hydrogens (tertiary/aromatic N) is 2. The van der Waals surface area contributed by atoms with Gasteiger partial charge in [-0.15, -0.1) is 0 Å². The highest BCUT2D eigenvalue weighted by atomic mass is 19.1. The van der Waals surface area contributed by atoms with Crippen molar-refractivity contribution in [3.05, 3.63) is 60.2 Å². The average Bonchev–Trinajstić information content (AvgIpc) is 3.03. The SMILES string of the molecule is CN(CCOc1ccc(F)cc1)C(=O)c1ccc2nc[nH]c2c1. The number of carbonyl (C=O) groups excluding carboxylic acids is 1. The number of halogens is 1. The summed E-state index contributed by atoms with van der Waals surface area (Å²) in [6.45, 7) is 0.761. The number of aromatic amines is 1. The molecule has 1 aromatic heterocycles. The van der Waals surface area contributed by atoms with Gasteiger partial charge >= 0.3 is 0 Å². The van der Waals surface area contributed by atoms with Gasteiger partial charge in [0.15, 0.2) is 0 Å². The predicted octanol–water partition coefficient (Wildman–Crippen LogP) is 2.85. The van der Waals surface area contributed by atoms with E-state index >= 15 is 0 Å². The van der Waals surface area contributed by atoms with E-state index in [0.29, 0.717) is 24.5 Å². The molecule has 1 heterocycles. The van der Waals surface area contributed by atoms with E-state index in [4.69, 9.17) is 4.74 Å². The highest BCUT2D eigenvalue weighted by Gasteiger charge is 2.12. The van der Waals surface area contributed by atoms with E-state index in [1.54, 1.807) is 42.5 Å². The summed E-state index contributed by atoms with van der Waals surface area (Å²) >= 11 is 0. The number of nitrogens with one attached hydrogen (secondary N) is 1. The number of carbonyl (C=O) groups is 1. The summed E-state index contributed by atoms with van der Waals surface area (Å²) in [5, 5.41) is 0. The third kappa shape index (κ3) is 3.48. The largest absolute Gasteiger partial charge is 0.492 e. The van der Waals surface area contributed by atoms with Crippen LogP contribution < -0.4 is 4.74 Å². The zero-order valence-electron chi connectivity index (χ0n) is 12.6. The number of H-pyrrole nitrogens is 1. The average molecular weight is 313 g/mol. The van der Waals surface area contributed by atoms with Crippen LogP contribution in [0.25, 0.3) is 11.0 Å². The van der Waals surface area contributed by atoms with Gasteiger partial charge in [0.05, 0.1) is 23.9 Å². The van der Waals surface area contributed by atoms with Crippen molar-refractivity contribution in [2.45, 2.75) is 0 Å². The Kier molecular flexibility index (Phi) is 4.23. The first-order chi connectivity index (χ1) is 11.1. The van der Waals surface area contributed by atoms with Crippen molar-refractivity contribution in [2.24, 2.45) is 0 Å². The van der Waals surface area contributed by atoms with Crippen molar-refractivity contribution < 1.29 is 13.9 Å². The molecule has 0 aliphatic heterocycles. The Labute approximate surface area is 132 Å². The number of ether oxygens (including phenoxy) is 1. The summed E-state index contributed by atoms with van der Waals surface area (Å²) in [6, 6.07) is 11.1. The zero-order chi connectivity index (χ0) is 16.2. The number of hydrogen-bond acceptors (Lipinski definition) is 3. The Balaban J connectivity index is 1.57. The van der Waals surface area contributed by atoms with Crippen LogP contribution in [0.3, 0.4) is 0 Å². The van der Waals surface area contributed by atoms with E-state index < -0.39 is 0 Å². The second-order valence-electron chi connectivity index (χ2n) is 5.16. The molecule has 0 aliphatic carbocycles. The fraction of sp³-hybridized carbons (Fsp3) is 0.176. The molecule has 0 atom stereocenters. The number of likely N-dealkylation sites (N-methyl/N-ethyl adjacent to an activating group) is 1. The highest BCUT2D eigenvalue weighted by molar-refractivity contribution is 5.97. The van der Waals surface area contributed by atoms with Crippen LogP contribution in [0.1, 0.15) is 10.4 Å². The normalized spacial score (nSPS) is 10.7. The third-order valence-corrected chi connectivity index (χ3v) is 3.52. The molecule has 3 aromatic rings. The van der Waals surface area contributed by atoms with Crippen molar-refractivity contribution >= 4 is 16.9 Å². The third-order valence-electron chi connectivity index (χ3n) is 3.52. The van der Waals surface area contributed by atoms with Crippen LogP contribution >= 0.6 is 0 Å². The molecule has 5 nitrogen and oxygen atoms in total. The summed E-state index contributed by atoms with van der Waals surface area (Å²) in [6.07, 6.45) is 1.60. The van der Waals surface area contributed by atoms with Crippen molar-refractivity contribution in [3.63, 3.8) is 0 Å². The van der Waals surface area contributed by atoms with Crippen molar-refractivity contribution in [2.75, 3.05) is 20.2 Å². The Bertz CT molecular complexity index is 814. The van der Waals surface area contributed by atoms with Gasteiger partial charge in [-0.1, -0.05) is 0 Å². The van der Waals surface area contributed by atoms with Crippen molar-refractivity contribution in [1.29, 1.82) is 0 Å². The fourth-order valence-corrected chi connectivity index (χ4v) is 2.22. The topological polar surface area (TPSA) is 58.2 Å². The van der Waals surface area contributed by atoms with Gasteiger partial charge in [-0.2, -0.15) is 0 Å². The molecule has 0 saturated heterocycles. The second-order valence-corrected chi connectivity index (χ2v) is 5.16. The van der Waals surface area contributed by atoms with Crippen LogP contribution in [0, 0.1) is 5.82 Å². The quantitative estimate of drug-likeness (QED) is 0.788. The summed E-state index contributed by atoms with van der Waals surface area (Å²) < 4.78 is 18.3. The summed E-state index contributed by atoms with van der Waals surface area (Å²) in [5.74, 6) is 0.175. The first-order valence-corrected chi connectivity index (χ1v) is 7.20. The lowest BCUT2D eigenvalue weighted by Crippen LogP contribution is -2.30. The van der Waals surface area contributed by atoms with Gasteiger partial charge < -0.3 is 14.6 Å². The zero-order valence-corrected chi connectivity index (χ0v) is 12.6. The van der Waals surface area contributed by atoms with Gasteiger partial charge in [-0.3, -0.25) is 4.79 Å². The second kappa shape index (κ2) is 6.48. The molecule has 3 rings (SSSR count). The number of aromatic nitrogens is 2. The number of benzene rings is 2. The van der Waals surface area contributed by atoms with Crippen LogP contribution in [0.5, 0.6) is 5.75 Å². The van der Waals surface area contributed by atoms with Gasteiger partial charge in [-0.05, 0) is 42.5 Å². The minimum absolute atomic E-state index is 0.0933. The molecule has 0 bridgehead atoms. The number of fused-ring (bicyclic) bond motifs is 1. The Morgan fingerprint density at radius 2 is 2.04 bits per heavy atom. The molecule has 0 aliphatic rings. The molecule has 0 fully saturated rings. The standard InChI is InChI=1S/C17H16FN3O2/c1-21(8-9-23-14-5-3-13(18)4-6-14)17(22)12-2-7-15-16(10-12)20-11-19-15/h2-7,10-11H,8-9H2,1H3,(H,19,20). The van der Waals surface area contributed by atoms with Crippen molar-refractivity contribution in [3.8, 4) is 5.75 Å². The van der Waals surface area contributed by atoms with E-state index in [-0.39, 0.29) is 11.7 Å². The number of imidazole rings is 1. The molecule has 6 heteroatoms. The molecule has 23 heavy (non-hydrogen) atoms. The highest BCUT2D eigenvalue weighted by Crippen LogP contribution is 2.14. The van der Waals surface area contributed by atoms with Crippen LogP contribution in [-0.4, -0.2) is 41.0 Å². The summed E-state index contributed by atoms with van der Waals surface area (Å²) in [4.78, 5) is 21.1. The van der Waals surface area contributed by atoms with Crippen LogP contribution in [-0.2, 0) is 0 Å². The fourth-order valence-electron chi connectivity index (χ4n) is 2.22. The maximum Gasteiger partial charge on any atom is 0.253 e. The number of rotatable bonds is 5. The lowest BCUT2D eigenvalue weighted by Gasteiger charge is -2.17. The molecule has 0 saturated carbocycles. The lowest BCUT2D eigenvalue weighted by atomic mass is 10.2. The van der Waals surface area contributed by atoms with Crippen LogP contribution in [0.4, 0.5) is 4.39 Å². The molecule has 0 radical (unpaired) electrons. The van der Waals surface area contributed by atoms with Crippen LogP contribution in [0.15, 0.2) is 48.8 Å². The molecule has 1 amide bonds. The first-order valence-electron chi connectivity index (χ1n) is 7.20. The molecule has 118 valence electrons. The molecule has 0 unspecified atom stereocenters. The van der Waals surface area contributed by atoms with E-state index in [0.717, 1.165) is 11.0 Å². The molecular weight excluding hydrogens is 297 g/mol. The number of hydrogen-bond donors (Lipinski definition) is 1. The van der Waals surface area contributed by atoms with E-state index in [1.807, 2.05) is 6.07 Å². The maximum absolute atomic E-state index is 12.8. The molecular formula is C17H16FN3O2. The summed E-state index contributed by atoms with van der Waals surface area (Å²) in [7, 11) is 1.72. The Morgan fingerprint density at radius 1 is 1.26 bits per heavy atom. The van der Waals surface area contributed by atoms with Crippen molar-refractivity contribution in [1.82, 2.24) is 14.9 Å². The molecule has 0 spiro atoms. The smallest absolute Gasteiger partial charge is 0.253 e. The van der Waals surface area contributed by atoms with Gasteiger partial charge in [0, 0.05) is 12.6 Å². The van der Waals surface area contributed by atoms with E-state index in [1.165, 1.54) is 12.1 Å². The molecule has 2 aromatic carbocycles. The molecule has 1 N–H and O–H groups in total. The van der Waals surface area contributed by atoms with E-state index in [2.05, 4.69) is 9.97 Å². The number of amides is 1. The minimum atomic E-state index is -0.307. The monoisotopic (exact) mass is 313 g/mol. The predicted molar refractivity (Wildman–Crippen MR) is 84.9 cm³/mol. The van der Waals surface area contributed by atoms with E-state index in [9.17, 15) is 9.18 Å². The first kappa shape index (κ1) is 15.0. The Morgan fingerprint density at radius 3 is 2.83 bits per heavy atom. The van der Waals surface area contributed by atoms with Gasteiger partial charge in [-0.25, -0.2) is 9.37 Å². The lowest BCUT2D eigenvalue weighted by molar-refractivity contribution is 0.0774. The minimum Gasteiger partial charge on any atom is -0.492 e. The maximum atomic E-state index is 12.8.